The topological polar surface area (TPSA) is 61.0 Å². The van der Waals surface area contributed by atoms with Crippen molar-refractivity contribution in [3.8, 4) is 0 Å². The Hall–Kier alpha value is -1.88. The van der Waals surface area contributed by atoms with Gasteiger partial charge in [0.25, 0.3) is 5.91 Å². The molecule has 20 heavy (non-hydrogen) atoms. The molecule has 1 saturated heterocycles. The van der Waals surface area contributed by atoms with Crippen molar-refractivity contribution in [2.45, 2.75) is 31.3 Å². The van der Waals surface area contributed by atoms with Crippen molar-refractivity contribution in [1.29, 1.82) is 0 Å². The normalized spacial score (nSPS) is 23.3. The van der Waals surface area contributed by atoms with E-state index in [9.17, 15) is 4.79 Å². The van der Waals surface area contributed by atoms with Crippen LogP contribution in [0.5, 0.6) is 0 Å². The van der Waals surface area contributed by atoms with E-state index in [4.69, 9.17) is 0 Å². The first-order valence-corrected chi connectivity index (χ1v) is 7.27. The number of fused-ring (bicyclic) bond motifs is 1. The average Bonchev–Trinajstić information content (AvgIpc) is 3.02. The number of rotatable bonds is 3. The number of aromatic nitrogens is 2. The Labute approximate surface area is 117 Å². The van der Waals surface area contributed by atoms with Crippen LogP contribution in [0.1, 0.15) is 29.6 Å². The van der Waals surface area contributed by atoms with Crippen molar-refractivity contribution in [2.24, 2.45) is 0 Å². The molecule has 4 rings (SSSR count). The van der Waals surface area contributed by atoms with Gasteiger partial charge in [0.2, 0.25) is 0 Å². The fourth-order valence-electron chi connectivity index (χ4n) is 3.02. The maximum atomic E-state index is 12.3. The van der Waals surface area contributed by atoms with Crippen molar-refractivity contribution in [1.82, 2.24) is 20.4 Å². The van der Waals surface area contributed by atoms with Crippen LogP contribution in [0.4, 0.5) is 0 Å². The van der Waals surface area contributed by atoms with Crippen molar-refractivity contribution in [2.75, 3.05) is 13.1 Å². The van der Waals surface area contributed by atoms with Crippen LogP contribution >= 0.6 is 0 Å². The van der Waals surface area contributed by atoms with E-state index in [1.807, 2.05) is 18.2 Å². The summed E-state index contributed by atoms with van der Waals surface area (Å²) in [6.45, 7) is 2.12. The summed E-state index contributed by atoms with van der Waals surface area (Å²) in [5.41, 5.74) is 1.61. The average molecular weight is 270 g/mol. The Morgan fingerprint density at radius 3 is 3.10 bits per heavy atom. The lowest BCUT2D eigenvalue weighted by atomic mass is 10.1. The van der Waals surface area contributed by atoms with Crippen LogP contribution in [-0.4, -0.2) is 46.2 Å². The number of nitrogens with zero attached hydrogens (tertiary/aromatic N) is 2. The van der Waals surface area contributed by atoms with Gasteiger partial charge in [0.05, 0.1) is 11.7 Å². The first-order valence-electron chi connectivity index (χ1n) is 7.27. The van der Waals surface area contributed by atoms with Crippen LogP contribution < -0.4 is 5.32 Å². The van der Waals surface area contributed by atoms with Crippen LogP contribution in [0.2, 0.25) is 0 Å². The zero-order chi connectivity index (χ0) is 13.5. The van der Waals surface area contributed by atoms with Gasteiger partial charge in [-0.25, -0.2) is 0 Å². The van der Waals surface area contributed by atoms with Gasteiger partial charge in [-0.3, -0.25) is 14.8 Å². The molecule has 0 spiro atoms. The molecule has 0 radical (unpaired) electrons. The number of amides is 1. The summed E-state index contributed by atoms with van der Waals surface area (Å²) in [6.07, 6.45) is 5.49. The quantitative estimate of drug-likeness (QED) is 0.889. The van der Waals surface area contributed by atoms with Gasteiger partial charge in [-0.1, -0.05) is 6.07 Å². The molecular weight excluding hydrogens is 252 g/mol. The SMILES string of the molecule is O=C(NC1CCN(C2CC2)C1)c1ccc2cn[nH]c2c1. The lowest BCUT2D eigenvalue weighted by molar-refractivity contribution is 0.0937. The van der Waals surface area contributed by atoms with E-state index in [2.05, 4.69) is 20.4 Å². The first kappa shape index (κ1) is 11.9. The summed E-state index contributed by atoms with van der Waals surface area (Å²) in [5.74, 6) is 0.0177. The third-order valence-corrected chi connectivity index (χ3v) is 4.32. The lowest BCUT2D eigenvalue weighted by Crippen LogP contribution is -2.37. The molecule has 1 amide bonds. The van der Waals surface area contributed by atoms with Crippen molar-refractivity contribution in [3.63, 3.8) is 0 Å². The summed E-state index contributed by atoms with van der Waals surface area (Å²) in [5, 5.41) is 11.1. The standard InChI is InChI=1S/C15H18N4O/c20-15(10-1-2-11-8-16-18-14(11)7-10)17-12-5-6-19(9-12)13-3-4-13/h1-2,7-8,12-13H,3-6,9H2,(H,16,18)(H,17,20). The van der Waals surface area contributed by atoms with Crippen molar-refractivity contribution >= 4 is 16.8 Å². The van der Waals surface area contributed by atoms with Gasteiger partial charge in [0.15, 0.2) is 0 Å². The Kier molecular flexibility index (Phi) is 2.73. The zero-order valence-electron chi connectivity index (χ0n) is 11.3. The Balaban J connectivity index is 1.44. The number of benzene rings is 1. The van der Waals surface area contributed by atoms with Gasteiger partial charge in [-0.2, -0.15) is 5.10 Å². The number of H-pyrrole nitrogens is 1. The zero-order valence-corrected chi connectivity index (χ0v) is 11.3. The molecule has 104 valence electrons. The number of hydrogen-bond donors (Lipinski definition) is 2. The third-order valence-electron chi connectivity index (χ3n) is 4.32. The van der Waals surface area contributed by atoms with Crippen LogP contribution in [0.15, 0.2) is 24.4 Å². The molecule has 2 N–H and O–H groups in total. The Morgan fingerprint density at radius 2 is 2.25 bits per heavy atom. The van der Waals surface area contributed by atoms with Crippen LogP contribution in [0, 0.1) is 0 Å². The van der Waals surface area contributed by atoms with E-state index in [-0.39, 0.29) is 5.91 Å². The van der Waals surface area contributed by atoms with Crippen molar-refractivity contribution < 1.29 is 4.79 Å². The van der Waals surface area contributed by atoms with Gasteiger partial charge in [-0.15, -0.1) is 0 Å². The van der Waals surface area contributed by atoms with Gasteiger partial charge < -0.3 is 5.32 Å². The molecule has 2 aliphatic rings. The maximum absolute atomic E-state index is 12.3. The number of nitrogens with one attached hydrogen (secondary N) is 2. The second kappa shape index (κ2) is 4.59. The second-order valence-electron chi connectivity index (χ2n) is 5.86. The molecule has 1 aromatic heterocycles. The monoisotopic (exact) mass is 270 g/mol. The summed E-state index contributed by atoms with van der Waals surface area (Å²) < 4.78 is 0. The smallest absolute Gasteiger partial charge is 0.251 e. The predicted octanol–water partition coefficient (Wildman–Crippen LogP) is 1.53. The Bertz CT molecular complexity index is 646. The molecule has 5 nitrogen and oxygen atoms in total. The van der Waals surface area contributed by atoms with E-state index in [1.165, 1.54) is 12.8 Å². The molecule has 2 heterocycles. The highest BCUT2D eigenvalue weighted by atomic mass is 16.1. The highest BCUT2D eigenvalue weighted by molar-refractivity contribution is 5.97. The van der Waals surface area contributed by atoms with Gasteiger partial charge in [-0.05, 0) is 31.4 Å². The maximum Gasteiger partial charge on any atom is 0.251 e. The first-order chi connectivity index (χ1) is 9.79. The van der Waals surface area contributed by atoms with E-state index >= 15 is 0 Å². The van der Waals surface area contributed by atoms with E-state index in [0.29, 0.717) is 11.6 Å². The molecule has 1 saturated carbocycles. The van der Waals surface area contributed by atoms with E-state index in [1.54, 1.807) is 6.20 Å². The molecule has 1 unspecified atom stereocenters. The minimum absolute atomic E-state index is 0.0177. The van der Waals surface area contributed by atoms with Crippen LogP contribution in [0.25, 0.3) is 10.9 Å². The predicted molar refractivity (Wildman–Crippen MR) is 76.6 cm³/mol. The molecule has 1 atom stereocenters. The fourth-order valence-corrected chi connectivity index (χ4v) is 3.02. The van der Waals surface area contributed by atoms with Crippen LogP contribution in [0.3, 0.4) is 0 Å². The largest absolute Gasteiger partial charge is 0.348 e. The summed E-state index contributed by atoms with van der Waals surface area (Å²) >= 11 is 0. The third kappa shape index (κ3) is 2.18. The molecule has 2 aromatic rings. The molecule has 1 aliphatic carbocycles. The highest BCUT2D eigenvalue weighted by Gasteiger charge is 2.34. The number of aromatic amines is 1. The minimum atomic E-state index is 0.0177. The molecule has 2 fully saturated rings. The minimum Gasteiger partial charge on any atom is -0.348 e. The molecular formula is C15H18N4O. The molecule has 5 heteroatoms. The van der Waals surface area contributed by atoms with Crippen LogP contribution in [-0.2, 0) is 0 Å². The fraction of sp³-hybridized carbons (Fsp3) is 0.467. The molecule has 1 aliphatic heterocycles. The molecule has 0 bridgehead atoms. The van der Waals surface area contributed by atoms with Crippen molar-refractivity contribution in [3.05, 3.63) is 30.0 Å². The number of carbonyl (C=O) groups excluding carboxylic acids is 1. The Morgan fingerprint density at radius 1 is 1.35 bits per heavy atom. The summed E-state index contributed by atoms with van der Waals surface area (Å²) in [7, 11) is 0. The van der Waals surface area contributed by atoms with E-state index < -0.39 is 0 Å². The highest BCUT2D eigenvalue weighted by Crippen LogP contribution is 2.29. The number of hydrogen-bond acceptors (Lipinski definition) is 3. The van der Waals surface area contributed by atoms with Gasteiger partial charge in [0.1, 0.15) is 0 Å². The second-order valence-corrected chi connectivity index (χ2v) is 5.86. The molecule has 1 aromatic carbocycles. The van der Waals surface area contributed by atoms with E-state index in [0.717, 1.165) is 36.5 Å². The number of carbonyl (C=O) groups is 1. The van der Waals surface area contributed by atoms with Gasteiger partial charge in [0, 0.05) is 36.1 Å². The van der Waals surface area contributed by atoms with Gasteiger partial charge >= 0.3 is 0 Å². The summed E-state index contributed by atoms with van der Waals surface area (Å²) in [4.78, 5) is 14.8. The summed E-state index contributed by atoms with van der Waals surface area (Å²) in [6, 6.07) is 6.74. The number of likely N-dealkylation sites (tertiary alicyclic amines) is 1. The lowest BCUT2D eigenvalue weighted by Gasteiger charge is -2.15.